The Labute approximate surface area is 304 Å². The number of esters is 1. The van der Waals surface area contributed by atoms with Gasteiger partial charge in [-0.15, -0.1) is 5.10 Å². The molecule has 4 aromatic rings. The minimum absolute atomic E-state index is 0.0696. The Balaban J connectivity index is 0.992. The van der Waals surface area contributed by atoms with E-state index in [2.05, 4.69) is 10.3 Å². The highest BCUT2D eigenvalue weighted by Crippen LogP contribution is 2.51. The van der Waals surface area contributed by atoms with Crippen LogP contribution in [0.25, 0.3) is 5.69 Å². The zero-order valence-corrected chi connectivity index (χ0v) is 29.4. The molecule has 0 spiro atoms. The van der Waals surface area contributed by atoms with Crippen molar-refractivity contribution in [1.29, 1.82) is 0 Å². The van der Waals surface area contributed by atoms with Crippen molar-refractivity contribution >= 4 is 5.97 Å². The van der Waals surface area contributed by atoms with Gasteiger partial charge in [0.05, 0.1) is 65.7 Å². The molecule has 16 heteroatoms. The topological polar surface area (TPSA) is 192 Å². The summed E-state index contributed by atoms with van der Waals surface area (Å²) in [6, 6.07) is 18.0. The molecule has 3 saturated heterocycles. The number of hydrogen-bond acceptors (Lipinski definition) is 15. The second kappa shape index (κ2) is 15.6. The molecule has 4 heterocycles. The van der Waals surface area contributed by atoms with Gasteiger partial charge >= 0.3 is 5.97 Å². The highest BCUT2D eigenvalue weighted by molar-refractivity contribution is 5.86. The smallest absolute Gasteiger partial charge is 0.360 e. The van der Waals surface area contributed by atoms with Gasteiger partial charge in [0.25, 0.3) is 0 Å². The average Bonchev–Trinajstić information content (AvgIpc) is 3.96. The summed E-state index contributed by atoms with van der Waals surface area (Å²) in [6.07, 6.45) is -6.70. The van der Waals surface area contributed by atoms with E-state index in [0.717, 1.165) is 11.1 Å². The number of aliphatic hydroxyl groups excluding tert-OH is 3. The molecular weight excluding hydrogens is 694 g/mol. The van der Waals surface area contributed by atoms with Crippen molar-refractivity contribution in [2.75, 3.05) is 48.3 Å². The maximum atomic E-state index is 12.8. The number of aliphatic hydroxyl groups is 3. The van der Waals surface area contributed by atoms with Crippen LogP contribution in [0.15, 0.2) is 66.9 Å². The Bertz CT molecular complexity index is 1890. The molecule has 3 aliphatic rings. The third-order valence-corrected chi connectivity index (χ3v) is 9.85. The fourth-order valence-corrected chi connectivity index (χ4v) is 6.95. The summed E-state index contributed by atoms with van der Waals surface area (Å²) in [7, 11) is 6.22. The van der Waals surface area contributed by atoms with Gasteiger partial charge in [-0.05, 0) is 59.7 Å². The first-order valence-corrected chi connectivity index (χ1v) is 17.0. The number of carbonyl (C=O) groups excluding carboxylic acids is 1. The molecule has 9 atom stereocenters. The Morgan fingerprint density at radius 1 is 0.755 bits per heavy atom. The zero-order valence-electron chi connectivity index (χ0n) is 29.4. The predicted molar refractivity (Wildman–Crippen MR) is 182 cm³/mol. The van der Waals surface area contributed by atoms with Crippen molar-refractivity contribution in [1.82, 2.24) is 15.0 Å². The average molecular weight is 736 g/mol. The monoisotopic (exact) mass is 735 g/mol. The van der Waals surface area contributed by atoms with E-state index in [1.165, 1.54) is 18.0 Å². The van der Waals surface area contributed by atoms with Gasteiger partial charge in [-0.1, -0.05) is 17.3 Å². The van der Waals surface area contributed by atoms with Crippen LogP contribution in [0.1, 0.15) is 33.8 Å². The van der Waals surface area contributed by atoms with Crippen molar-refractivity contribution in [3.63, 3.8) is 0 Å². The van der Waals surface area contributed by atoms with E-state index >= 15 is 0 Å². The highest BCUT2D eigenvalue weighted by atomic mass is 16.7. The summed E-state index contributed by atoms with van der Waals surface area (Å²) >= 11 is 0. The van der Waals surface area contributed by atoms with Gasteiger partial charge in [0.1, 0.15) is 36.8 Å². The lowest BCUT2D eigenvalue weighted by molar-refractivity contribution is -0.277. The van der Waals surface area contributed by atoms with Crippen molar-refractivity contribution in [3.05, 3.63) is 83.7 Å². The Morgan fingerprint density at radius 3 is 1.96 bits per heavy atom. The van der Waals surface area contributed by atoms with E-state index in [0.29, 0.717) is 41.9 Å². The van der Waals surface area contributed by atoms with Crippen molar-refractivity contribution in [3.8, 4) is 34.4 Å². The van der Waals surface area contributed by atoms with Gasteiger partial charge in [0.15, 0.2) is 28.7 Å². The van der Waals surface area contributed by atoms with Crippen LogP contribution < -0.4 is 23.7 Å². The van der Waals surface area contributed by atoms with Crippen LogP contribution in [0.2, 0.25) is 0 Å². The first kappa shape index (κ1) is 36.4. The SMILES string of the molecule is COc1ccc(-n2cc(C(=O)OC[C@H]3O[C@H](Oc4ccc([C@H]5OC[C@H]6[C@@H]5CO[C@H]6c5ccc(OC)c(OC)c5)cc4OC)[C@H](O)[C@@H](O)[C@@H]3O)nn2)cc1. The fourth-order valence-electron chi connectivity index (χ4n) is 6.95. The third-order valence-electron chi connectivity index (χ3n) is 9.85. The van der Waals surface area contributed by atoms with E-state index in [1.807, 2.05) is 24.3 Å². The largest absolute Gasteiger partial charge is 0.497 e. The first-order valence-electron chi connectivity index (χ1n) is 17.0. The molecule has 3 N–H and O–H groups in total. The van der Waals surface area contributed by atoms with Crippen LogP contribution >= 0.6 is 0 Å². The van der Waals surface area contributed by atoms with Crippen LogP contribution in [0.5, 0.6) is 28.7 Å². The molecule has 0 amide bonds. The second-order valence-corrected chi connectivity index (χ2v) is 12.8. The van der Waals surface area contributed by atoms with Crippen LogP contribution in [0.3, 0.4) is 0 Å². The summed E-state index contributed by atoms with van der Waals surface area (Å²) in [5.41, 5.74) is 2.36. The highest BCUT2D eigenvalue weighted by Gasteiger charge is 2.49. The van der Waals surface area contributed by atoms with Gasteiger partial charge in [-0.25, -0.2) is 9.48 Å². The molecule has 0 saturated carbocycles. The van der Waals surface area contributed by atoms with Crippen molar-refractivity contribution in [2.45, 2.75) is 42.9 Å². The Morgan fingerprint density at radius 2 is 1.36 bits per heavy atom. The Hall–Kier alpha value is -4.97. The second-order valence-electron chi connectivity index (χ2n) is 12.8. The van der Waals surface area contributed by atoms with Gasteiger partial charge in [-0.3, -0.25) is 0 Å². The predicted octanol–water partition coefficient (Wildman–Crippen LogP) is 2.42. The van der Waals surface area contributed by atoms with Crippen LogP contribution in [0, 0.1) is 11.8 Å². The van der Waals surface area contributed by atoms with E-state index in [-0.39, 0.29) is 35.5 Å². The molecule has 3 aliphatic heterocycles. The lowest BCUT2D eigenvalue weighted by Gasteiger charge is -2.40. The number of aromatic nitrogens is 3. The Kier molecular flexibility index (Phi) is 10.7. The summed E-state index contributed by atoms with van der Waals surface area (Å²) < 4.78 is 52.8. The normalized spacial score (nSPS) is 27.9. The molecular formula is C37H41N3O13. The molecule has 16 nitrogen and oxygen atoms in total. The molecule has 3 aromatic carbocycles. The van der Waals surface area contributed by atoms with Crippen molar-refractivity contribution in [2.24, 2.45) is 11.8 Å². The molecule has 7 rings (SSSR count). The quantitative estimate of drug-likeness (QED) is 0.180. The minimum Gasteiger partial charge on any atom is -0.497 e. The number of hydrogen-bond donors (Lipinski definition) is 3. The molecule has 0 aliphatic carbocycles. The summed E-state index contributed by atoms with van der Waals surface area (Å²) in [5.74, 6) is 1.78. The van der Waals surface area contributed by atoms with Crippen LogP contribution in [-0.4, -0.2) is 115 Å². The number of ether oxygens (including phenoxy) is 9. The van der Waals surface area contributed by atoms with E-state index in [1.54, 1.807) is 57.7 Å². The number of rotatable bonds is 12. The first-order chi connectivity index (χ1) is 25.7. The van der Waals surface area contributed by atoms with Crippen LogP contribution in [-0.2, 0) is 18.9 Å². The molecule has 0 radical (unpaired) electrons. The van der Waals surface area contributed by atoms with Gasteiger partial charge in [0.2, 0.25) is 6.29 Å². The number of benzene rings is 3. The number of methoxy groups -OCH3 is 4. The number of fused-ring (bicyclic) bond motifs is 1. The summed E-state index contributed by atoms with van der Waals surface area (Å²) in [4.78, 5) is 12.8. The van der Waals surface area contributed by atoms with Gasteiger partial charge < -0.3 is 58.0 Å². The molecule has 0 bridgehead atoms. The summed E-state index contributed by atoms with van der Waals surface area (Å²) in [6.45, 7) is 0.498. The molecule has 3 fully saturated rings. The third kappa shape index (κ3) is 7.21. The van der Waals surface area contributed by atoms with Crippen molar-refractivity contribution < 1.29 is 62.7 Å². The fraction of sp³-hybridized carbons (Fsp3) is 0.432. The minimum atomic E-state index is -1.68. The number of carbonyl (C=O) groups is 1. The molecule has 53 heavy (non-hydrogen) atoms. The summed E-state index contributed by atoms with van der Waals surface area (Å²) in [5, 5.41) is 39.9. The van der Waals surface area contributed by atoms with E-state index < -0.39 is 43.3 Å². The lowest BCUT2D eigenvalue weighted by atomic mass is 9.85. The molecule has 282 valence electrons. The van der Waals surface area contributed by atoms with E-state index in [4.69, 9.17) is 42.6 Å². The van der Waals surface area contributed by atoms with E-state index in [9.17, 15) is 20.1 Å². The molecule has 0 unspecified atom stereocenters. The maximum absolute atomic E-state index is 12.8. The maximum Gasteiger partial charge on any atom is 0.360 e. The number of nitrogens with zero attached hydrogens (tertiary/aromatic N) is 3. The zero-order chi connectivity index (χ0) is 37.2. The lowest BCUT2D eigenvalue weighted by Crippen LogP contribution is -2.60. The van der Waals surface area contributed by atoms with Gasteiger partial charge in [0, 0.05) is 11.8 Å². The van der Waals surface area contributed by atoms with Gasteiger partial charge in [-0.2, -0.15) is 0 Å². The standard InChI is InChI=1S/C37H41N3O13/c1-45-22-9-7-21(8-10-22)40-15-25(38-39-40)36(44)51-18-30-31(41)32(42)33(43)37(53-30)52-27-12-6-20(14-29(27)48-4)35-24-17-49-34(23(24)16-50-35)19-5-11-26(46-2)28(13-19)47-3/h5-15,23-24,30-35,37,41-43H,16-18H2,1-4H3/t23-,24-,30+,31+,32-,33+,34-,35+,37-/m0/s1. The molecule has 1 aromatic heterocycles. The van der Waals surface area contributed by atoms with Crippen LogP contribution in [0.4, 0.5) is 0 Å².